The Morgan fingerprint density at radius 1 is 1.29 bits per heavy atom. The van der Waals surface area contributed by atoms with Crippen molar-refractivity contribution in [3.05, 3.63) is 21.3 Å². The smallest absolute Gasteiger partial charge is 0.0931 e. The largest absolute Gasteiger partial charge is 0.320 e. The van der Waals surface area contributed by atoms with Crippen LogP contribution in [-0.2, 0) is 6.42 Å². The molecule has 2 N–H and O–H groups in total. The summed E-state index contributed by atoms with van der Waals surface area (Å²) in [6, 6.07) is 4.06. The van der Waals surface area contributed by atoms with Crippen molar-refractivity contribution in [2.24, 2.45) is 0 Å². The predicted molar refractivity (Wildman–Crippen MR) is 64.4 cm³/mol. The van der Waals surface area contributed by atoms with Gasteiger partial charge < -0.3 is 10.6 Å². The van der Waals surface area contributed by atoms with Crippen molar-refractivity contribution in [3.63, 3.8) is 0 Å². The highest BCUT2D eigenvalue weighted by Gasteiger charge is 1.96. The Bertz CT molecular complexity index is 250. The summed E-state index contributed by atoms with van der Waals surface area (Å²) in [5.41, 5.74) is 0. The van der Waals surface area contributed by atoms with Gasteiger partial charge in [0.25, 0.3) is 0 Å². The van der Waals surface area contributed by atoms with Crippen molar-refractivity contribution >= 4 is 22.9 Å². The zero-order valence-corrected chi connectivity index (χ0v) is 10.0. The lowest BCUT2D eigenvalue weighted by Crippen LogP contribution is -2.21. The van der Waals surface area contributed by atoms with Crippen molar-refractivity contribution in [2.75, 3.05) is 26.7 Å². The van der Waals surface area contributed by atoms with Gasteiger partial charge >= 0.3 is 0 Å². The fourth-order valence-corrected chi connectivity index (χ4v) is 2.30. The minimum atomic E-state index is 0.884. The molecule has 80 valence electrons. The second-order valence-corrected chi connectivity index (χ2v) is 4.96. The Morgan fingerprint density at radius 3 is 2.79 bits per heavy atom. The summed E-state index contributed by atoms with van der Waals surface area (Å²) in [7, 11) is 1.98. The zero-order chi connectivity index (χ0) is 10.2. The third kappa shape index (κ3) is 4.96. The van der Waals surface area contributed by atoms with Gasteiger partial charge in [0.1, 0.15) is 0 Å². The summed E-state index contributed by atoms with van der Waals surface area (Å²) in [4.78, 5) is 1.36. The lowest BCUT2D eigenvalue weighted by molar-refractivity contribution is 0.626. The van der Waals surface area contributed by atoms with Crippen LogP contribution in [0.2, 0.25) is 4.34 Å². The molecule has 1 aromatic heterocycles. The zero-order valence-electron chi connectivity index (χ0n) is 8.48. The summed E-state index contributed by atoms with van der Waals surface area (Å²) in [5.74, 6) is 0. The van der Waals surface area contributed by atoms with E-state index >= 15 is 0 Å². The summed E-state index contributed by atoms with van der Waals surface area (Å²) >= 11 is 7.50. The standard InChI is InChI=1S/C10H17ClN2S/c1-12-6-2-7-13-8-5-9-3-4-10(11)14-9/h3-4,12-13H,2,5-8H2,1H3. The van der Waals surface area contributed by atoms with E-state index in [1.165, 1.54) is 11.3 Å². The molecule has 0 aliphatic rings. The minimum Gasteiger partial charge on any atom is -0.320 e. The van der Waals surface area contributed by atoms with Gasteiger partial charge in [-0.1, -0.05) is 11.6 Å². The quantitative estimate of drug-likeness (QED) is 0.704. The van der Waals surface area contributed by atoms with Crippen LogP contribution in [0.3, 0.4) is 0 Å². The second-order valence-electron chi connectivity index (χ2n) is 3.16. The molecule has 1 heterocycles. The Balaban J connectivity index is 1.99. The van der Waals surface area contributed by atoms with Gasteiger partial charge in [0.2, 0.25) is 0 Å². The Hall–Kier alpha value is -0.0900. The molecular formula is C10H17ClN2S. The maximum Gasteiger partial charge on any atom is 0.0931 e. The number of rotatable bonds is 7. The van der Waals surface area contributed by atoms with Crippen LogP contribution >= 0.6 is 22.9 Å². The number of thiophene rings is 1. The lowest BCUT2D eigenvalue weighted by atomic mass is 10.3. The van der Waals surface area contributed by atoms with Gasteiger partial charge in [-0.3, -0.25) is 0 Å². The lowest BCUT2D eigenvalue weighted by Gasteiger charge is -2.02. The summed E-state index contributed by atoms with van der Waals surface area (Å²) < 4.78 is 0.884. The summed E-state index contributed by atoms with van der Waals surface area (Å²) in [6.07, 6.45) is 2.26. The fourth-order valence-electron chi connectivity index (χ4n) is 1.21. The third-order valence-corrected chi connectivity index (χ3v) is 3.25. The van der Waals surface area contributed by atoms with Gasteiger partial charge in [0.15, 0.2) is 0 Å². The maximum atomic E-state index is 5.83. The monoisotopic (exact) mass is 232 g/mol. The Kier molecular flexibility index (Phi) is 6.19. The average molecular weight is 233 g/mol. The number of hydrogen-bond donors (Lipinski definition) is 2. The molecule has 0 atom stereocenters. The molecule has 1 aromatic rings. The van der Waals surface area contributed by atoms with Crippen LogP contribution in [0.25, 0.3) is 0 Å². The van der Waals surface area contributed by atoms with E-state index in [0.29, 0.717) is 0 Å². The van der Waals surface area contributed by atoms with Gasteiger partial charge in [-0.15, -0.1) is 11.3 Å². The maximum absolute atomic E-state index is 5.83. The highest BCUT2D eigenvalue weighted by Crippen LogP contribution is 2.21. The van der Waals surface area contributed by atoms with E-state index in [-0.39, 0.29) is 0 Å². The van der Waals surface area contributed by atoms with E-state index in [2.05, 4.69) is 16.7 Å². The Labute approximate surface area is 94.7 Å². The van der Waals surface area contributed by atoms with E-state index in [9.17, 15) is 0 Å². The van der Waals surface area contributed by atoms with E-state index in [1.54, 1.807) is 11.3 Å². The van der Waals surface area contributed by atoms with Crippen LogP contribution in [0, 0.1) is 0 Å². The molecular weight excluding hydrogens is 216 g/mol. The summed E-state index contributed by atoms with van der Waals surface area (Å²) in [6.45, 7) is 3.21. The van der Waals surface area contributed by atoms with Crippen LogP contribution in [0.15, 0.2) is 12.1 Å². The summed E-state index contributed by atoms with van der Waals surface area (Å²) in [5, 5.41) is 6.53. The van der Waals surface area contributed by atoms with Crippen molar-refractivity contribution in [1.29, 1.82) is 0 Å². The molecule has 0 unspecified atom stereocenters. The van der Waals surface area contributed by atoms with Crippen LogP contribution < -0.4 is 10.6 Å². The molecule has 0 aromatic carbocycles. The first-order valence-corrected chi connectivity index (χ1v) is 6.12. The first-order valence-electron chi connectivity index (χ1n) is 4.92. The van der Waals surface area contributed by atoms with Gasteiger partial charge in [-0.25, -0.2) is 0 Å². The first-order chi connectivity index (χ1) is 6.83. The topological polar surface area (TPSA) is 24.1 Å². The van der Waals surface area contributed by atoms with Crippen molar-refractivity contribution < 1.29 is 0 Å². The van der Waals surface area contributed by atoms with Crippen LogP contribution in [-0.4, -0.2) is 26.7 Å². The van der Waals surface area contributed by atoms with Gasteiger partial charge in [0.05, 0.1) is 4.34 Å². The number of nitrogens with one attached hydrogen (secondary N) is 2. The van der Waals surface area contributed by atoms with E-state index in [0.717, 1.165) is 30.4 Å². The van der Waals surface area contributed by atoms with Crippen molar-refractivity contribution in [2.45, 2.75) is 12.8 Å². The molecule has 0 bridgehead atoms. The molecule has 0 fully saturated rings. The molecule has 14 heavy (non-hydrogen) atoms. The molecule has 4 heteroatoms. The molecule has 0 aliphatic carbocycles. The first kappa shape index (κ1) is 12.0. The molecule has 0 spiro atoms. The average Bonchev–Trinajstić information content (AvgIpc) is 2.58. The highest BCUT2D eigenvalue weighted by molar-refractivity contribution is 7.16. The molecule has 0 amide bonds. The second kappa shape index (κ2) is 7.23. The third-order valence-electron chi connectivity index (χ3n) is 1.96. The molecule has 0 radical (unpaired) electrons. The molecule has 1 rings (SSSR count). The number of hydrogen-bond acceptors (Lipinski definition) is 3. The number of halogens is 1. The van der Waals surface area contributed by atoms with Crippen LogP contribution in [0.1, 0.15) is 11.3 Å². The SMILES string of the molecule is CNCCCNCCc1ccc(Cl)s1. The highest BCUT2D eigenvalue weighted by atomic mass is 35.5. The van der Waals surface area contributed by atoms with E-state index in [1.807, 2.05) is 13.1 Å². The predicted octanol–water partition coefficient (Wildman–Crippen LogP) is 2.14. The van der Waals surface area contributed by atoms with Crippen molar-refractivity contribution in [3.8, 4) is 0 Å². The molecule has 2 nitrogen and oxygen atoms in total. The van der Waals surface area contributed by atoms with Crippen LogP contribution in [0.4, 0.5) is 0 Å². The van der Waals surface area contributed by atoms with E-state index in [4.69, 9.17) is 11.6 Å². The van der Waals surface area contributed by atoms with Gasteiger partial charge in [-0.05, 0) is 51.7 Å². The molecule has 0 aliphatic heterocycles. The van der Waals surface area contributed by atoms with Crippen molar-refractivity contribution in [1.82, 2.24) is 10.6 Å². The van der Waals surface area contributed by atoms with Gasteiger partial charge in [-0.2, -0.15) is 0 Å². The van der Waals surface area contributed by atoms with Crippen LogP contribution in [0.5, 0.6) is 0 Å². The Morgan fingerprint density at radius 2 is 2.14 bits per heavy atom. The van der Waals surface area contributed by atoms with Gasteiger partial charge in [0, 0.05) is 4.88 Å². The fraction of sp³-hybridized carbons (Fsp3) is 0.600. The normalized spacial score (nSPS) is 10.7. The van der Waals surface area contributed by atoms with E-state index < -0.39 is 0 Å². The minimum absolute atomic E-state index is 0.884. The molecule has 0 saturated carbocycles. The molecule has 0 saturated heterocycles.